The minimum absolute atomic E-state index is 0.115. The van der Waals surface area contributed by atoms with Crippen molar-refractivity contribution in [1.82, 2.24) is 9.13 Å². The third kappa shape index (κ3) is 2.86. The number of hydrogen-bond donors (Lipinski definition) is 1. The largest absolute Gasteiger partial charge is 0.490 e. The van der Waals surface area contributed by atoms with E-state index >= 15 is 0 Å². The molecule has 1 atom stereocenters. The number of benzene rings is 3. The van der Waals surface area contributed by atoms with Gasteiger partial charge in [0.1, 0.15) is 18.5 Å². The van der Waals surface area contributed by atoms with Gasteiger partial charge in [0, 0.05) is 12.4 Å². The molecule has 132 valence electrons. The number of aliphatic hydroxyl groups excluding tert-OH is 1. The summed E-state index contributed by atoms with van der Waals surface area (Å²) >= 11 is 0. The highest BCUT2D eigenvalue weighted by molar-refractivity contribution is 5.88. The third-order valence-corrected chi connectivity index (χ3v) is 4.63. The average molecular weight is 348 g/mol. The van der Waals surface area contributed by atoms with Crippen molar-refractivity contribution in [3.63, 3.8) is 0 Å². The summed E-state index contributed by atoms with van der Waals surface area (Å²) in [6.45, 7) is 0.300. The number of imidazole rings is 1. The van der Waals surface area contributed by atoms with Crippen molar-refractivity contribution in [2.75, 3.05) is 6.61 Å². The van der Waals surface area contributed by atoms with Crippen LogP contribution in [0.1, 0.15) is 0 Å². The van der Waals surface area contributed by atoms with Crippen LogP contribution >= 0.6 is 0 Å². The fourth-order valence-electron chi connectivity index (χ4n) is 3.31. The molecule has 26 heavy (non-hydrogen) atoms. The number of para-hydroxylation sites is 2. The van der Waals surface area contributed by atoms with Crippen molar-refractivity contribution in [1.29, 1.82) is 0 Å². The van der Waals surface area contributed by atoms with Crippen molar-refractivity contribution < 1.29 is 9.84 Å². The Morgan fingerprint density at radius 2 is 1.65 bits per heavy atom. The standard InChI is InChI=1S/C21H20N2O3/c1-22-18-10-4-5-11-19(18)23(21(22)25)13-16(24)14-26-20-12-6-8-15-7-2-3-9-17(15)20/h2-12,16,24H,13-14H2,1H3/t16-/m1/s1. The van der Waals surface area contributed by atoms with Gasteiger partial charge in [0.15, 0.2) is 0 Å². The summed E-state index contributed by atoms with van der Waals surface area (Å²) in [7, 11) is 1.74. The lowest BCUT2D eigenvalue weighted by molar-refractivity contribution is 0.0932. The Balaban J connectivity index is 1.54. The number of aliphatic hydroxyl groups is 1. The van der Waals surface area contributed by atoms with E-state index in [1.54, 1.807) is 16.2 Å². The van der Waals surface area contributed by atoms with E-state index in [1.807, 2.05) is 66.7 Å². The van der Waals surface area contributed by atoms with Gasteiger partial charge in [-0.3, -0.25) is 9.13 Å². The molecule has 3 aromatic carbocycles. The minimum atomic E-state index is -0.794. The lowest BCUT2D eigenvalue weighted by atomic mass is 10.1. The number of nitrogens with zero attached hydrogens (tertiary/aromatic N) is 2. The summed E-state index contributed by atoms with van der Waals surface area (Å²) in [5.41, 5.74) is 1.51. The molecule has 0 bridgehead atoms. The number of rotatable bonds is 5. The topological polar surface area (TPSA) is 56.4 Å². The van der Waals surface area contributed by atoms with Crippen LogP contribution in [-0.4, -0.2) is 27.0 Å². The van der Waals surface area contributed by atoms with E-state index in [4.69, 9.17) is 4.74 Å². The Labute approximate surface area is 150 Å². The quantitative estimate of drug-likeness (QED) is 0.603. The maximum absolute atomic E-state index is 12.4. The molecule has 4 rings (SSSR count). The fourth-order valence-corrected chi connectivity index (χ4v) is 3.31. The van der Waals surface area contributed by atoms with Gasteiger partial charge in [-0.2, -0.15) is 0 Å². The monoisotopic (exact) mass is 348 g/mol. The summed E-state index contributed by atoms with van der Waals surface area (Å²) in [5, 5.41) is 12.5. The molecular formula is C21H20N2O3. The second-order valence-corrected chi connectivity index (χ2v) is 6.38. The first-order chi connectivity index (χ1) is 12.6. The van der Waals surface area contributed by atoms with Crippen LogP contribution in [0.15, 0.2) is 71.5 Å². The second kappa shape index (κ2) is 6.69. The number of aryl methyl sites for hydroxylation is 1. The molecule has 4 aromatic rings. The molecule has 0 radical (unpaired) electrons. The molecule has 0 saturated heterocycles. The molecule has 0 unspecified atom stereocenters. The van der Waals surface area contributed by atoms with Gasteiger partial charge in [-0.25, -0.2) is 4.79 Å². The molecule has 0 fully saturated rings. The Morgan fingerprint density at radius 1 is 0.962 bits per heavy atom. The highest BCUT2D eigenvalue weighted by Crippen LogP contribution is 2.25. The van der Waals surface area contributed by atoms with Crippen molar-refractivity contribution >= 4 is 21.8 Å². The molecule has 0 amide bonds. The molecular weight excluding hydrogens is 328 g/mol. The zero-order valence-electron chi connectivity index (χ0n) is 14.5. The Hall–Kier alpha value is -3.05. The molecule has 1 N–H and O–H groups in total. The molecule has 0 aliphatic carbocycles. The van der Waals surface area contributed by atoms with E-state index < -0.39 is 6.10 Å². The molecule has 5 nitrogen and oxygen atoms in total. The van der Waals surface area contributed by atoms with Gasteiger partial charge in [0.05, 0.1) is 17.6 Å². The molecule has 5 heteroatoms. The van der Waals surface area contributed by atoms with E-state index in [0.717, 1.165) is 27.6 Å². The fraction of sp³-hybridized carbons (Fsp3) is 0.190. The normalized spacial score (nSPS) is 12.5. The first-order valence-electron chi connectivity index (χ1n) is 8.58. The van der Waals surface area contributed by atoms with Crippen LogP contribution in [0.25, 0.3) is 21.8 Å². The lowest BCUT2D eigenvalue weighted by Crippen LogP contribution is -2.30. The number of fused-ring (bicyclic) bond motifs is 2. The van der Waals surface area contributed by atoms with E-state index in [1.165, 1.54) is 0 Å². The minimum Gasteiger partial charge on any atom is -0.490 e. The van der Waals surface area contributed by atoms with E-state index in [-0.39, 0.29) is 18.8 Å². The summed E-state index contributed by atoms with van der Waals surface area (Å²) < 4.78 is 9.02. The molecule has 1 heterocycles. The van der Waals surface area contributed by atoms with Crippen molar-refractivity contribution in [3.8, 4) is 5.75 Å². The lowest BCUT2D eigenvalue weighted by Gasteiger charge is -2.14. The average Bonchev–Trinajstić information content (AvgIpc) is 2.91. The third-order valence-electron chi connectivity index (χ3n) is 4.63. The van der Waals surface area contributed by atoms with Gasteiger partial charge in [-0.05, 0) is 23.6 Å². The van der Waals surface area contributed by atoms with Gasteiger partial charge in [-0.1, -0.05) is 48.5 Å². The maximum atomic E-state index is 12.4. The number of aromatic nitrogens is 2. The molecule has 0 aliphatic heterocycles. The summed E-state index contributed by atoms with van der Waals surface area (Å²) in [4.78, 5) is 12.4. The SMILES string of the molecule is Cn1c(=O)n(C[C@@H](O)COc2cccc3ccccc23)c2ccccc21. The van der Waals surface area contributed by atoms with Crippen LogP contribution in [-0.2, 0) is 13.6 Å². The van der Waals surface area contributed by atoms with Crippen molar-refractivity contribution in [2.24, 2.45) is 7.05 Å². The predicted molar refractivity (Wildman–Crippen MR) is 103 cm³/mol. The molecule has 0 spiro atoms. The highest BCUT2D eigenvalue weighted by Gasteiger charge is 2.14. The zero-order valence-corrected chi connectivity index (χ0v) is 14.5. The van der Waals surface area contributed by atoms with Crippen LogP contribution in [0.5, 0.6) is 5.75 Å². The summed E-state index contributed by atoms with van der Waals surface area (Å²) in [6, 6.07) is 21.4. The van der Waals surface area contributed by atoms with E-state index in [2.05, 4.69) is 0 Å². The van der Waals surface area contributed by atoms with Gasteiger partial charge in [0.2, 0.25) is 0 Å². The van der Waals surface area contributed by atoms with Crippen molar-refractivity contribution in [2.45, 2.75) is 12.6 Å². The van der Waals surface area contributed by atoms with Gasteiger partial charge >= 0.3 is 5.69 Å². The van der Waals surface area contributed by atoms with E-state index in [9.17, 15) is 9.90 Å². The van der Waals surface area contributed by atoms with Crippen molar-refractivity contribution in [3.05, 3.63) is 77.2 Å². The Morgan fingerprint density at radius 3 is 2.50 bits per heavy atom. The molecule has 0 saturated carbocycles. The highest BCUT2D eigenvalue weighted by atomic mass is 16.5. The molecule has 0 aliphatic rings. The van der Waals surface area contributed by atoms with Gasteiger partial charge < -0.3 is 9.84 Å². The summed E-state index contributed by atoms with van der Waals surface area (Å²) in [5.74, 6) is 0.729. The number of hydrogen-bond acceptors (Lipinski definition) is 3. The second-order valence-electron chi connectivity index (χ2n) is 6.38. The van der Waals surface area contributed by atoms with E-state index in [0.29, 0.717) is 0 Å². The molecule has 1 aromatic heterocycles. The first-order valence-corrected chi connectivity index (χ1v) is 8.58. The van der Waals surface area contributed by atoms with Crippen LogP contribution in [0, 0.1) is 0 Å². The Kier molecular flexibility index (Phi) is 4.22. The Bertz CT molecular complexity index is 1120. The van der Waals surface area contributed by atoms with Gasteiger partial charge in [0.25, 0.3) is 0 Å². The van der Waals surface area contributed by atoms with Crippen LogP contribution in [0.4, 0.5) is 0 Å². The maximum Gasteiger partial charge on any atom is 0.328 e. The predicted octanol–water partition coefficient (Wildman–Crippen LogP) is 2.93. The van der Waals surface area contributed by atoms with Crippen LogP contribution in [0.3, 0.4) is 0 Å². The number of ether oxygens (including phenoxy) is 1. The zero-order chi connectivity index (χ0) is 18.1. The van der Waals surface area contributed by atoms with Crippen LogP contribution < -0.4 is 10.4 Å². The van der Waals surface area contributed by atoms with Crippen LogP contribution in [0.2, 0.25) is 0 Å². The summed E-state index contributed by atoms with van der Waals surface area (Å²) in [6.07, 6.45) is -0.794. The van der Waals surface area contributed by atoms with Gasteiger partial charge in [-0.15, -0.1) is 0 Å². The smallest absolute Gasteiger partial charge is 0.328 e. The first kappa shape index (κ1) is 16.4.